The number of nitrogens with zero attached hydrogens (tertiary/aromatic N) is 7. The zero-order valence-electron chi connectivity index (χ0n) is 20.0. The van der Waals surface area contributed by atoms with Gasteiger partial charge in [0.25, 0.3) is 0 Å². The minimum Gasteiger partial charge on any atom is -0.348 e. The van der Waals surface area contributed by atoms with E-state index in [0.717, 1.165) is 42.7 Å². The number of amides is 1. The van der Waals surface area contributed by atoms with E-state index in [1.807, 2.05) is 35.4 Å². The van der Waals surface area contributed by atoms with Gasteiger partial charge in [-0.2, -0.15) is 15.1 Å². The molecule has 6 rings (SSSR count). The van der Waals surface area contributed by atoms with Gasteiger partial charge in [-0.1, -0.05) is 36.9 Å². The molecule has 2 aliphatic rings. The SMILES string of the molecule is C=CC(=O)N[C@H]1CCN(c2nc(Nc3cnn(Cc4ccccc4)c3)c3ncn(C4CCC4)c3n2)C1. The molecule has 36 heavy (non-hydrogen) atoms. The average molecular weight is 484 g/mol. The van der Waals surface area contributed by atoms with Gasteiger partial charge in [0.05, 0.1) is 24.8 Å². The lowest BCUT2D eigenvalue weighted by molar-refractivity contribution is -0.117. The van der Waals surface area contributed by atoms with Gasteiger partial charge in [-0.05, 0) is 37.3 Å². The number of imidazole rings is 1. The zero-order chi connectivity index (χ0) is 24.5. The van der Waals surface area contributed by atoms with Gasteiger partial charge in [-0.25, -0.2) is 4.98 Å². The van der Waals surface area contributed by atoms with Gasteiger partial charge < -0.3 is 20.1 Å². The number of anilines is 3. The number of benzene rings is 1. The summed E-state index contributed by atoms with van der Waals surface area (Å²) in [6, 6.07) is 10.7. The number of rotatable bonds is 8. The first-order chi connectivity index (χ1) is 17.7. The molecule has 4 aromatic rings. The molecule has 10 heteroatoms. The van der Waals surface area contributed by atoms with Gasteiger partial charge in [0.15, 0.2) is 17.0 Å². The third kappa shape index (κ3) is 4.41. The van der Waals surface area contributed by atoms with Crippen molar-refractivity contribution in [2.45, 2.75) is 44.3 Å². The van der Waals surface area contributed by atoms with E-state index >= 15 is 0 Å². The lowest BCUT2D eigenvalue weighted by atomic mass is 9.93. The van der Waals surface area contributed by atoms with Crippen molar-refractivity contribution in [3.05, 3.63) is 67.3 Å². The summed E-state index contributed by atoms with van der Waals surface area (Å²) in [6.45, 7) is 5.65. The smallest absolute Gasteiger partial charge is 0.243 e. The van der Waals surface area contributed by atoms with Gasteiger partial charge in [0.2, 0.25) is 11.9 Å². The molecule has 1 saturated heterocycles. The molecule has 1 amide bonds. The second-order valence-corrected chi connectivity index (χ2v) is 9.46. The number of aromatic nitrogens is 6. The van der Waals surface area contributed by atoms with Gasteiger partial charge in [-0.3, -0.25) is 9.48 Å². The summed E-state index contributed by atoms with van der Waals surface area (Å²) in [4.78, 5) is 28.4. The summed E-state index contributed by atoms with van der Waals surface area (Å²) in [5.41, 5.74) is 3.61. The molecular weight excluding hydrogens is 454 g/mol. The van der Waals surface area contributed by atoms with Gasteiger partial charge in [-0.15, -0.1) is 0 Å². The van der Waals surface area contributed by atoms with Crippen molar-refractivity contribution >= 4 is 34.5 Å². The highest BCUT2D eigenvalue weighted by atomic mass is 16.1. The fourth-order valence-electron chi connectivity index (χ4n) is 4.81. The first-order valence-corrected chi connectivity index (χ1v) is 12.4. The zero-order valence-corrected chi connectivity index (χ0v) is 20.0. The first kappa shape index (κ1) is 22.3. The van der Waals surface area contributed by atoms with Crippen molar-refractivity contribution in [1.29, 1.82) is 0 Å². The maximum atomic E-state index is 11.8. The van der Waals surface area contributed by atoms with Crippen molar-refractivity contribution < 1.29 is 4.79 Å². The minimum absolute atomic E-state index is 0.0407. The topological polar surface area (TPSA) is 106 Å². The molecule has 2 fully saturated rings. The van der Waals surface area contributed by atoms with Gasteiger partial charge in [0.1, 0.15) is 0 Å². The van der Waals surface area contributed by atoms with E-state index in [-0.39, 0.29) is 11.9 Å². The quantitative estimate of drug-likeness (QED) is 0.370. The fraction of sp³-hybridized carbons (Fsp3) is 0.346. The third-order valence-corrected chi connectivity index (χ3v) is 6.96. The Morgan fingerprint density at radius 2 is 2.03 bits per heavy atom. The van der Waals surface area contributed by atoms with E-state index in [4.69, 9.17) is 9.97 Å². The third-order valence-electron chi connectivity index (χ3n) is 6.96. The Morgan fingerprint density at radius 1 is 1.17 bits per heavy atom. The highest BCUT2D eigenvalue weighted by molar-refractivity contribution is 5.87. The van der Waals surface area contributed by atoms with Crippen LogP contribution < -0.4 is 15.5 Å². The standard InChI is InChI=1S/C26H29N9O/c1-2-22(36)29-19-11-12-33(15-19)26-31-24(23-25(32-26)35(17-27-23)21-9-6-10-21)30-20-13-28-34(16-20)14-18-7-4-3-5-8-18/h2-5,7-8,13,16-17,19,21H,1,6,9-12,14-15H2,(H,29,36)(H,30,31,32)/t19-/m0/s1. The molecule has 1 aromatic carbocycles. The van der Waals surface area contributed by atoms with Crippen molar-refractivity contribution in [1.82, 2.24) is 34.6 Å². The van der Waals surface area contributed by atoms with E-state index in [0.29, 0.717) is 30.9 Å². The normalized spacial score (nSPS) is 17.8. The van der Waals surface area contributed by atoms with Crippen LogP contribution in [0.2, 0.25) is 0 Å². The van der Waals surface area contributed by atoms with Gasteiger partial charge in [0, 0.05) is 31.4 Å². The summed E-state index contributed by atoms with van der Waals surface area (Å²) in [6.07, 6.45) is 11.3. The molecule has 3 aromatic heterocycles. The highest BCUT2D eigenvalue weighted by Gasteiger charge is 2.28. The molecule has 0 bridgehead atoms. The second kappa shape index (κ2) is 9.44. The summed E-state index contributed by atoms with van der Waals surface area (Å²) >= 11 is 0. The van der Waals surface area contributed by atoms with Crippen LogP contribution in [0.25, 0.3) is 11.2 Å². The van der Waals surface area contributed by atoms with Crippen LogP contribution in [0.3, 0.4) is 0 Å². The lowest BCUT2D eigenvalue weighted by Crippen LogP contribution is -2.36. The van der Waals surface area contributed by atoms with E-state index < -0.39 is 0 Å². The maximum Gasteiger partial charge on any atom is 0.243 e. The van der Waals surface area contributed by atoms with Crippen LogP contribution in [0.5, 0.6) is 0 Å². The molecular formula is C26H29N9O. The predicted molar refractivity (Wildman–Crippen MR) is 138 cm³/mol. The Hall–Kier alpha value is -4.21. The molecule has 1 saturated carbocycles. The van der Waals surface area contributed by atoms with E-state index in [2.05, 4.69) is 48.9 Å². The predicted octanol–water partition coefficient (Wildman–Crippen LogP) is 3.42. The number of carbonyl (C=O) groups is 1. The molecule has 0 radical (unpaired) electrons. The Kier molecular flexibility index (Phi) is 5.84. The minimum atomic E-state index is -0.156. The Balaban J connectivity index is 1.29. The monoisotopic (exact) mass is 483 g/mol. The van der Waals surface area contributed by atoms with Crippen LogP contribution in [0.4, 0.5) is 17.5 Å². The van der Waals surface area contributed by atoms with Crippen LogP contribution in [-0.2, 0) is 11.3 Å². The Morgan fingerprint density at radius 3 is 2.81 bits per heavy atom. The van der Waals surface area contributed by atoms with Crippen molar-refractivity contribution in [3.63, 3.8) is 0 Å². The molecule has 184 valence electrons. The number of hydrogen-bond acceptors (Lipinski definition) is 7. The maximum absolute atomic E-state index is 11.8. The van der Waals surface area contributed by atoms with E-state index in [1.54, 1.807) is 6.20 Å². The first-order valence-electron chi connectivity index (χ1n) is 12.4. The molecule has 0 unspecified atom stereocenters. The molecule has 2 N–H and O–H groups in total. The molecule has 0 spiro atoms. The van der Waals surface area contributed by atoms with Crippen LogP contribution in [0.1, 0.15) is 37.3 Å². The molecule has 1 aliphatic carbocycles. The van der Waals surface area contributed by atoms with Crippen LogP contribution in [0.15, 0.2) is 61.7 Å². The summed E-state index contributed by atoms with van der Waals surface area (Å²) < 4.78 is 4.08. The van der Waals surface area contributed by atoms with Crippen molar-refractivity contribution in [2.24, 2.45) is 0 Å². The Bertz CT molecular complexity index is 1390. The molecule has 1 atom stereocenters. The van der Waals surface area contributed by atoms with E-state index in [1.165, 1.54) is 18.1 Å². The molecule has 10 nitrogen and oxygen atoms in total. The fourth-order valence-corrected chi connectivity index (χ4v) is 4.81. The number of nitrogens with one attached hydrogen (secondary N) is 2. The number of carbonyl (C=O) groups excluding carboxylic acids is 1. The van der Waals surface area contributed by atoms with Crippen molar-refractivity contribution in [2.75, 3.05) is 23.3 Å². The highest BCUT2D eigenvalue weighted by Crippen LogP contribution is 2.35. The average Bonchev–Trinajstić information content (AvgIpc) is 3.60. The summed E-state index contributed by atoms with van der Waals surface area (Å²) in [7, 11) is 0. The van der Waals surface area contributed by atoms with Crippen LogP contribution in [0, 0.1) is 0 Å². The molecule has 1 aliphatic heterocycles. The van der Waals surface area contributed by atoms with Crippen molar-refractivity contribution in [3.8, 4) is 0 Å². The number of fused-ring (bicyclic) bond motifs is 1. The van der Waals surface area contributed by atoms with Gasteiger partial charge >= 0.3 is 0 Å². The lowest BCUT2D eigenvalue weighted by Gasteiger charge is -2.27. The second-order valence-electron chi connectivity index (χ2n) is 9.46. The van der Waals surface area contributed by atoms with E-state index in [9.17, 15) is 4.79 Å². The Labute approximate surface area is 209 Å². The molecule has 4 heterocycles. The summed E-state index contributed by atoms with van der Waals surface area (Å²) in [5, 5.41) is 10.9. The number of hydrogen-bond donors (Lipinski definition) is 2. The van der Waals surface area contributed by atoms with Crippen LogP contribution >= 0.6 is 0 Å². The summed E-state index contributed by atoms with van der Waals surface area (Å²) in [5.74, 6) is 1.14. The van der Waals surface area contributed by atoms with Crippen LogP contribution in [-0.4, -0.2) is 54.3 Å². The largest absolute Gasteiger partial charge is 0.348 e.